The minimum absolute atomic E-state index is 0.224. The SMILES string of the molecule is COc1noc(C(C)CCCl)c1CN. The van der Waals surface area contributed by atoms with Crippen molar-refractivity contribution in [1.29, 1.82) is 0 Å². The summed E-state index contributed by atoms with van der Waals surface area (Å²) in [6.07, 6.45) is 0.840. The molecule has 14 heavy (non-hydrogen) atoms. The average Bonchev–Trinajstić information content (AvgIpc) is 2.60. The van der Waals surface area contributed by atoms with Crippen LogP contribution in [0.1, 0.15) is 30.6 Å². The van der Waals surface area contributed by atoms with E-state index in [4.69, 9.17) is 26.6 Å². The molecule has 1 atom stereocenters. The number of alkyl halides is 1. The number of rotatable bonds is 5. The van der Waals surface area contributed by atoms with Gasteiger partial charge >= 0.3 is 0 Å². The van der Waals surface area contributed by atoms with Gasteiger partial charge in [-0.2, -0.15) is 0 Å². The smallest absolute Gasteiger partial charge is 0.258 e. The minimum atomic E-state index is 0.224. The lowest BCUT2D eigenvalue weighted by atomic mass is 10.0. The maximum atomic E-state index is 5.66. The second-order valence-corrected chi connectivity index (χ2v) is 3.50. The van der Waals surface area contributed by atoms with Gasteiger partial charge in [-0.05, 0) is 11.6 Å². The summed E-state index contributed by atoms with van der Waals surface area (Å²) in [5, 5.41) is 3.79. The van der Waals surface area contributed by atoms with E-state index in [-0.39, 0.29) is 5.92 Å². The van der Waals surface area contributed by atoms with Crippen LogP contribution in [0.5, 0.6) is 5.88 Å². The molecule has 4 nitrogen and oxygen atoms in total. The molecule has 0 spiro atoms. The first kappa shape index (κ1) is 11.3. The van der Waals surface area contributed by atoms with E-state index >= 15 is 0 Å². The van der Waals surface area contributed by atoms with Gasteiger partial charge in [0.15, 0.2) is 0 Å². The van der Waals surface area contributed by atoms with Crippen LogP contribution in [-0.4, -0.2) is 18.1 Å². The molecule has 1 aromatic heterocycles. The molecule has 1 unspecified atom stereocenters. The summed E-state index contributed by atoms with van der Waals surface area (Å²) >= 11 is 5.66. The van der Waals surface area contributed by atoms with Crippen LogP contribution in [0.2, 0.25) is 0 Å². The Hall–Kier alpha value is -0.740. The Labute approximate surface area is 88.3 Å². The highest BCUT2D eigenvalue weighted by Crippen LogP contribution is 2.29. The summed E-state index contributed by atoms with van der Waals surface area (Å²) in [6.45, 7) is 2.40. The van der Waals surface area contributed by atoms with Crippen molar-refractivity contribution in [1.82, 2.24) is 5.16 Å². The van der Waals surface area contributed by atoms with Crippen LogP contribution in [0.3, 0.4) is 0 Å². The summed E-state index contributed by atoms with van der Waals surface area (Å²) in [5.74, 6) is 2.07. The lowest BCUT2D eigenvalue weighted by molar-refractivity contribution is 0.318. The van der Waals surface area contributed by atoms with Crippen LogP contribution >= 0.6 is 11.6 Å². The first-order chi connectivity index (χ1) is 6.74. The zero-order chi connectivity index (χ0) is 10.6. The van der Waals surface area contributed by atoms with Crippen molar-refractivity contribution in [3.8, 4) is 5.88 Å². The van der Waals surface area contributed by atoms with E-state index in [0.717, 1.165) is 17.7 Å². The van der Waals surface area contributed by atoms with Crippen LogP contribution in [0.15, 0.2) is 4.52 Å². The van der Waals surface area contributed by atoms with Gasteiger partial charge in [0.1, 0.15) is 5.76 Å². The van der Waals surface area contributed by atoms with Crippen LogP contribution in [0, 0.1) is 0 Å². The average molecular weight is 219 g/mol. The van der Waals surface area contributed by atoms with Crippen LogP contribution in [0.25, 0.3) is 0 Å². The van der Waals surface area contributed by atoms with E-state index in [1.165, 1.54) is 0 Å². The van der Waals surface area contributed by atoms with Gasteiger partial charge in [0, 0.05) is 18.3 Å². The highest BCUT2D eigenvalue weighted by Gasteiger charge is 2.19. The molecule has 1 heterocycles. The van der Waals surface area contributed by atoms with Gasteiger partial charge < -0.3 is 15.0 Å². The summed E-state index contributed by atoms with van der Waals surface area (Å²) in [7, 11) is 1.55. The number of hydrogen-bond donors (Lipinski definition) is 1. The van der Waals surface area contributed by atoms with Crippen molar-refractivity contribution in [3.63, 3.8) is 0 Å². The summed E-state index contributed by atoms with van der Waals surface area (Å²) in [4.78, 5) is 0. The number of aromatic nitrogens is 1. The van der Waals surface area contributed by atoms with Crippen molar-refractivity contribution >= 4 is 11.6 Å². The molecule has 0 radical (unpaired) electrons. The molecule has 0 aromatic carbocycles. The molecule has 0 amide bonds. The first-order valence-corrected chi connectivity index (χ1v) is 5.06. The van der Waals surface area contributed by atoms with E-state index in [1.807, 2.05) is 6.92 Å². The molecule has 0 saturated carbocycles. The summed E-state index contributed by atoms with van der Waals surface area (Å²) < 4.78 is 10.2. The maximum absolute atomic E-state index is 5.66. The molecule has 0 aliphatic rings. The molecule has 0 bridgehead atoms. The fourth-order valence-electron chi connectivity index (χ4n) is 1.34. The Bertz CT molecular complexity index is 288. The predicted molar refractivity (Wildman–Crippen MR) is 54.7 cm³/mol. The van der Waals surface area contributed by atoms with Gasteiger partial charge in [-0.15, -0.1) is 11.6 Å². The molecule has 2 N–H and O–H groups in total. The zero-order valence-electron chi connectivity index (χ0n) is 8.42. The van der Waals surface area contributed by atoms with E-state index in [9.17, 15) is 0 Å². The van der Waals surface area contributed by atoms with Gasteiger partial charge in [-0.3, -0.25) is 0 Å². The molecule has 0 aliphatic carbocycles. The standard InChI is InChI=1S/C9H15ClN2O2/c1-6(3-4-10)8-7(5-11)9(13-2)12-14-8/h6H,3-5,11H2,1-2H3. The molecule has 80 valence electrons. The number of methoxy groups -OCH3 is 1. The highest BCUT2D eigenvalue weighted by atomic mass is 35.5. The van der Waals surface area contributed by atoms with Gasteiger partial charge in [0.05, 0.1) is 12.7 Å². The van der Waals surface area contributed by atoms with E-state index < -0.39 is 0 Å². The number of nitrogens with zero attached hydrogens (tertiary/aromatic N) is 1. The van der Waals surface area contributed by atoms with Crippen LogP contribution < -0.4 is 10.5 Å². The lowest BCUT2D eigenvalue weighted by Gasteiger charge is -2.06. The second kappa shape index (κ2) is 5.22. The van der Waals surface area contributed by atoms with Gasteiger partial charge in [0.25, 0.3) is 5.88 Å². The third-order valence-corrected chi connectivity index (χ3v) is 2.39. The zero-order valence-corrected chi connectivity index (χ0v) is 9.17. The largest absolute Gasteiger partial charge is 0.479 e. The summed E-state index contributed by atoms with van der Waals surface area (Å²) in [5.41, 5.74) is 6.43. The fourth-order valence-corrected chi connectivity index (χ4v) is 1.66. The Morgan fingerprint density at radius 2 is 2.36 bits per heavy atom. The van der Waals surface area contributed by atoms with E-state index in [1.54, 1.807) is 7.11 Å². The third kappa shape index (κ3) is 2.19. The maximum Gasteiger partial charge on any atom is 0.258 e. The van der Waals surface area contributed by atoms with Crippen molar-refractivity contribution in [3.05, 3.63) is 11.3 Å². The highest BCUT2D eigenvalue weighted by molar-refractivity contribution is 6.17. The summed E-state index contributed by atoms with van der Waals surface area (Å²) in [6, 6.07) is 0. The van der Waals surface area contributed by atoms with Gasteiger partial charge in [-0.1, -0.05) is 6.92 Å². The van der Waals surface area contributed by atoms with Gasteiger partial charge in [0.2, 0.25) is 0 Å². The topological polar surface area (TPSA) is 61.3 Å². The minimum Gasteiger partial charge on any atom is -0.479 e. The first-order valence-electron chi connectivity index (χ1n) is 4.53. The normalized spacial score (nSPS) is 12.9. The molecule has 0 aliphatic heterocycles. The Balaban J connectivity index is 2.90. The number of ether oxygens (including phenoxy) is 1. The second-order valence-electron chi connectivity index (χ2n) is 3.12. The molecular formula is C9H15ClN2O2. The van der Waals surface area contributed by atoms with E-state index in [0.29, 0.717) is 18.3 Å². The molecule has 0 fully saturated rings. The van der Waals surface area contributed by atoms with Crippen molar-refractivity contribution in [2.75, 3.05) is 13.0 Å². The van der Waals surface area contributed by atoms with Gasteiger partial charge in [-0.25, -0.2) is 0 Å². The molecular weight excluding hydrogens is 204 g/mol. The van der Waals surface area contributed by atoms with Crippen molar-refractivity contribution in [2.24, 2.45) is 5.73 Å². The third-order valence-electron chi connectivity index (χ3n) is 2.17. The quantitative estimate of drug-likeness (QED) is 0.767. The molecule has 1 aromatic rings. The Kier molecular flexibility index (Phi) is 4.22. The van der Waals surface area contributed by atoms with Crippen LogP contribution in [-0.2, 0) is 6.54 Å². The lowest BCUT2D eigenvalue weighted by Crippen LogP contribution is -2.03. The Morgan fingerprint density at radius 3 is 2.86 bits per heavy atom. The molecule has 1 rings (SSSR count). The number of halogens is 1. The van der Waals surface area contributed by atoms with E-state index in [2.05, 4.69) is 5.16 Å². The Morgan fingerprint density at radius 1 is 1.64 bits per heavy atom. The number of nitrogens with two attached hydrogens (primary N) is 1. The fraction of sp³-hybridized carbons (Fsp3) is 0.667. The number of hydrogen-bond acceptors (Lipinski definition) is 4. The monoisotopic (exact) mass is 218 g/mol. The molecule has 0 saturated heterocycles. The van der Waals surface area contributed by atoms with Crippen molar-refractivity contribution < 1.29 is 9.26 Å². The van der Waals surface area contributed by atoms with Crippen molar-refractivity contribution in [2.45, 2.75) is 25.8 Å². The van der Waals surface area contributed by atoms with Crippen LogP contribution in [0.4, 0.5) is 0 Å². The predicted octanol–water partition coefficient (Wildman–Crippen LogP) is 1.87. The molecule has 5 heteroatoms.